The van der Waals surface area contributed by atoms with E-state index in [1.54, 1.807) is 12.4 Å². The molecule has 0 aliphatic carbocycles. The van der Waals surface area contributed by atoms with Crippen molar-refractivity contribution in [1.29, 1.82) is 0 Å². The lowest BCUT2D eigenvalue weighted by atomic mass is 10.1. The molecule has 2 aliphatic rings. The van der Waals surface area contributed by atoms with Crippen molar-refractivity contribution in [3.63, 3.8) is 0 Å². The molecule has 5 nitrogen and oxygen atoms in total. The Kier molecular flexibility index (Phi) is 3.96. The number of carbonyl (C=O) groups excluding carboxylic acids is 2. The molecule has 0 bridgehead atoms. The third-order valence-corrected chi connectivity index (χ3v) is 7.15. The Bertz CT molecular complexity index is 1130. The molecule has 0 spiro atoms. The molecule has 3 amide bonds. The maximum atomic E-state index is 13.2. The van der Waals surface area contributed by atoms with Crippen LogP contribution in [-0.2, 0) is 4.79 Å². The Hall–Kier alpha value is -2.35. The Balaban J connectivity index is 1.51. The number of nitrogens with one attached hydrogen (secondary N) is 1. The smallest absolute Gasteiger partial charge is 0.329 e. The van der Waals surface area contributed by atoms with Crippen LogP contribution in [0.2, 0.25) is 5.02 Å². The first-order chi connectivity index (χ1) is 13.1. The first-order valence-electron chi connectivity index (χ1n) is 8.22. The lowest BCUT2D eigenvalue weighted by molar-refractivity contribution is -0.118. The molecule has 1 fully saturated rings. The molecule has 2 aromatic heterocycles. The number of benzene rings is 1. The minimum Gasteiger partial charge on any atom is -0.329 e. The van der Waals surface area contributed by atoms with Gasteiger partial charge < -0.3 is 5.32 Å². The largest absolute Gasteiger partial charge is 0.329 e. The zero-order chi connectivity index (χ0) is 18.5. The van der Waals surface area contributed by atoms with E-state index in [2.05, 4.69) is 10.3 Å². The van der Waals surface area contributed by atoms with Crippen molar-refractivity contribution in [2.24, 2.45) is 0 Å². The van der Waals surface area contributed by atoms with Crippen molar-refractivity contribution in [3.05, 3.63) is 64.8 Å². The van der Waals surface area contributed by atoms with Gasteiger partial charge in [-0.05, 0) is 23.6 Å². The number of anilines is 1. The summed E-state index contributed by atoms with van der Waals surface area (Å²) in [6, 6.07) is 8.61. The second kappa shape index (κ2) is 6.37. The van der Waals surface area contributed by atoms with Gasteiger partial charge >= 0.3 is 6.03 Å². The number of hydrogen-bond donors (Lipinski definition) is 1. The molecule has 27 heavy (non-hydrogen) atoms. The fourth-order valence-corrected chi connectivity index (χ4v) is 5.72. The van der Waals surface area contributed by atoms with Gasteiger partial charge in [-0.3, -0.25) is 9.78 Å². The van der Waals surface area contributed by atoms with Crippen molar-refractivity contribution in [2.45, 2.75) is 11.3 Å². The number of imide groups is 1. The van der Waals surface area contributed by atoms with E-state index in [1.807, 2.05) is 41.8 Å². The number of aromatic nitrogens is 1. The maximum Gasteiger partial charge on any atom is 0.329 e. The lowest BCUT2D eigenvalue weighted by Gasteiger charge is -2.33. The van der Waals surface area contributed by atoms with Gasteiger partial charge in [-0.25, -0.2) is 9.69 Å². The van der Waals surface area contributed by atoms with Crippen LogP contribution in [0.5, 0.6) is 0 Å². The van der Waals surface area contributed by atoms with Gasteiger partial charge in [0.05, 0.1) is 22.6 Å². The summed E-state index contributed by atoms with van der Waals surface area (Å²) >= 11 is 9.26. The number of fused-ring (bicyclic) bond motifs is 2. The molecule has 1 saturated heterocycles. The van der Waals surface area contributed by atoms with E-state index in [4.69, 9.17) is 11.6 Å². The monoisotopic (exact) mass is 413 g/mol. The summed E-state index contributed by atoms with van der Waals surface area (Å²) in [5, 5.41) is 5.90. The van der Waals surface area contributed by atoms with Crippen molar-refractivity contribution >= 4 is 67.3 Å². The number of nitrogens with zero attached hydrogens (tertiary/aromatic N) is 2. The summed E-state index contributed by atoms with van der Waals surface area (Å²) in [6.07, 6.45) is 5.21. The first kappa shape index (κ1) is 16.8. The van der Waals surface area contributed by atoms with Gasteiger partial charge in [-0.2, -0.15) is 0 Å². The van der Waals surface area contributed by atoms with Crippen LogP contribution >= 0.6 is 34.7 Å². The molecule has 1 N–H and O–H groups in total. The minimum atomic E-state index is -0.431. The second-order valence-electron chi connectivity index (χ2n) is 6.19. The van der Waals surface area contributed by atoms with Gasteiger partial charge in [-0.15, -0.1) is 23.1 Å². The first-order valence-corrected chi connectivity index (χ1v) is 10.4. The summed E-state index contributed by atoms with van der Waals surface area (Å²) in [5.41, 5.74) is 1.38. The standard InChI is InChI=1S/C19H12ClN3O2S2/c20-12-4-2-1-3-10(12)15-7-13-17(27-15)18(24)23(19(25)22-13)14-8-21-9-16-11(14)5-6-26-16/h1-9,13,17H,(H,22,25). The maximum absolute atomic E-state index is 13.2. The molecule has 1 aromatic carbocycles. The molecule has 4 heterocycles. The Morgan fingerprint density at radius 3 is 2.85 bits per heavy atom. The summed E-state index contributed by atoms with van der Waals surface area (Å²) in [7, 11) is 0. The molecule has 134 valence electrons. The lowest BCUT2D eigenvalue weighted by Crippen LogP contribution is -2.60. The topological polar surface area (TPSA) is 62.3 Å². The van der Waals surface area contributed by atoms with Crippen LogP contribution in [0.25, 0.3) is 15.0 Å². The number of hydrogen-bond acceptors (Lipinski definition) is 5. The van der Waals surface area contributed by atoms with Gasteiger partial charge in [0, 0.05) is 27.1 Å². The summed E-state index contributed by atoms with van der Waals surface area (Å²) in [5.74, 6) is -0.243. The van der Waals surface area contributed by atoms with Crippen LogP contribution in [0.15, 0.2) is 54.2 Å². The number of thioether (sulfide) groups is 1. The zero-order valence-corrected chi connectivity index (χ0v) is 16.1. The van der Waals surface area contributed by atoms with Crippen molar-refractivity contribution < 1.29 is 9.59 Å². The van der Waals surface area contributed by atoms with Gasteiger partial charge in [0.2, 0.25) is 0 Å². The van der Waals surface area contributed by atoms with E-state index in [0.717, 1.165) is 20.6 Å². The van der Waals surface area contributed by atoms with E-state index in [1.165, 1.54) is 28.0 Å². The van der Waals surface area contributed by atoms with Gasteiger partial charge in [0.15, 0.2) is 0 Å². The van der Waals surface area contributed by atoms with Gasteiger partial charge in [0.25, 0.3) is 5.91 Å². The van der Waals surface area contributed by atoms with Crippen LogP contribution < -0.4 is 10.2 Å². The predicted octanol–water partition coefficient (Wildman–Crippen LogP) is 4.53. The Morgan fingerprint density at radius 1 is 1.15 bits per heavy atom. The Labute approximate surface area is 168 Å². The average Bonchev–Trinajstić information content (AvgIpc) is 3.29. The number of pyridine rings is 1. The quantitative estimate of drug-likeness (QED) is 0.670. The molecule has 8 heteroatoms. The minimum absolute atomic E-state index is 0.243. The third-order valence-electron chi connectivity index (χ3n) is 4.61. The molecule has 0 radical (unpaired) electrons. The molecular weight excluding hydrogens is 402 g/mol. The highest BCUT2D eigenvalue weighted by atomic mass is 35.5. The number of halogens is 1. The molecule has 2 aliphatic heterocycles. The third kappa shape index (κ3) is 2.65. The second-order valence-corrected chi connectivity index (χ2v) is 8.73. The number of carbonyl (C=O) groups is 2. The highest BCUT2D eigenvalue weighted by molar-refractivity contribution is 8.09. The highest BCUT2D eigenvalue weighted by Crippen LogP contribution is 2.44. The highest BCUT2D eigenvalue weighted by Gasteiger charge is 2.45. The van der Waals surface area contributed by atoms with E-state index in [0.29, 0.717) is 10.7 Å². The van der Waals surface area contributed by atoms with E-state index >= 15 is 0 Å². The van der Waals surface area contributed by atoms with Crippen LogP contribution in [-0.4, -0.2) is 28.2 Å². The van der Waals surface area contributed by atoms with E-state index in [9.17, 15) is 9.59 Å². The predicted molar refractivity (Wildman–Crippen MR) is 110 cm³/mol. The molecule has 2 atom stereocenters. The van der Waals surface area contributed by atoms with Gasteiger partial charge in [-0.1, -0.05) is 29.8 Å². The summed E-state index contributed by atoms with van der Waals surface area (Å²) in [4.78, 5) is 32.2. The zero-order valence-electron chi connectivity index (χ0n) is 13.8. The summed E-state index contributed by atoms with van der Waals surface area (Å²) < 4.78 is 0.934. The van der Waals surface area contributed by atoms with E-state index in [-0.39, 0.29) is 11.9 Å². The molecule has 3 aromatic rings. The van der Waals surface area contributed by atoms with Crippen molar-refractivity contribution in [3.8, 4) is 0 Å². The molecule has 5 rings (SSSR count). The fraction of sp³-hybridized carbons (Fsp3) is 0.105. The van der Waals surface area contributed by atoms with Crippen LogP contribution in [0.3, 0.4) is 0 Å². The van der Waals surface area contributed by atoms with Crippen LogP contribution in [0.4, 0.5) is 10.5 Å². The Morgan fingerprint density at radius 2 is 2.00 bits per heavy atom. The molecule has 2 unspecified atom stereocenters. The van der Waals surface area contributed by atoms with Crippen LogP contribution in [0.1, 0.15) is 5.56 Å². The molecular formula is C19H12ClN3O2S2. The van der Waals surface area contributed by atoms with Crippen LogP contribution in [0, 0.1) is 0 Å². The normalized spacial score (nSPS) is 22.0. The summed E-state index contributed by atoms with van der Waals surface area (Å²) in [6.45, 7) is 0. The van der Waals surface area contributed by atoms with Crippen molar-refractivity contribution in [2.75, 3.05) is 4.90 Å². The van der Waals surface area contributed by atoms with Crippen molar-refractivity contribution in [1.82, 2.24) is 10.3 Å². The number of rotatable bonds is 2. The van der Waals surface area contributed by atoms with E-state index < -0.39 is 11.3 Å². The molecule has 0 saturated carbocycles. The number of urea groups is 1. The number of thiophene rings is 1. The average molecular weight is 414 g/mol. The van der Waals surface area contributed by atoms with Gasteiger partial charge in [0.1, 0.15) is 5.25 Å². The SMILES string of the molecule is O=C1NC2C=C(c3ccccc3Cl)SC2C(=O)N1c1cncc2sccc12. The number of amides is 3. The fourth-order valence-electron chi connectivity index (χ4n) is 3.35.